The zero-order valence-electron chi connectivity index (χ0n) is 24.2. The molecule has 230 valence electrons. The van der Waals surface area contributed by atoms with E-state index in [9.17, 15) is 22.8 Å². The molecule has 14 heteroatoms. The molecule has 2 aliphatic carbocycles. The van der Waals surface area contributed by atoms with E-state index in [1.165, 1.54) is 19.6 Å². The van der Waals surface area contributed by atoms with E-state index in [0.29, 0.717) is 33.4 Å². The molecule has 3 aliphatic rings. The van der Waals surface area contributed by atoms with E-state index in [-0.39, 0.29) is 35.7 Å². The van der Waals surface area contributed by atoms with Gasteiger partial charge in [0.15, 0.2) is 22.9 Å². The molecule has 0 N–H and O–H groups in total. The average Bonchev–Trinajstić information content (AvgIpc) is 3.97. The van der Waals surface area contributed by atoms with Gasteiger partial charge in [0.1, 0.15) is 24.3 Å². The molecule has 2 fully saturated rings. The van der Waals surface area contributed by atoms with Gasteiger partial charge in [0.05, 0.1) is 12.8 Å². The van der Waals surface area contributed by atoms with Gasteiger partial charge in [-0.3, -0.25) is 9.59 Å². The number of rotatable bonds is 8. The first kappa shape index (κ1) is 28.7. The number of nitrogens with zero attached hydrogens (tertiary/aromatic N) is 7. The number of benzene rings is 1. The maximum atomic E-state index is 13.3. The third-order valence-electron chi connectivity index (χ3n) is 8.10. The van der Waals surface area contributed by atoms with Gasteiger partial charge < -0.3 is 14.0 Å². The van der Waals surface area contributed by atoms with Crippen LogP contribution in [0.4, 0.5) is 13.2 Å². The first-order valence-electron chi connectivity index (χ1n) is 14.4. The number of imidazole rings is 1. The van der Waals surface area contributed by atoms with Crippen molar-refractivity contribution in [2.45, 2.75) is 57.3 Å². The number of halogens is 3. The van der Waals surface area contributed by atoms with Crippen molar-refractivity contribution in [2.24, 2.45) is 10.9 Å². The number of carbonyl (C=O) groups is 2. The van der Waals surface area contributed by atoms with Crippen molar-refractivity contribution in [1.29, 1.82) is 0 Å². The second-order valence-corrected chi connectivity index (χ2v) is 11.3. The lowest BCUT2D eigenvalue weighted by Gasteiger charge is -2.17. The summed E-state index contributed by atoms with van der Waals surface area (Å²) >= 11 is 0. The predicted molar refractivity (Wildman–Crippen MR) is 151 cm³/mol. The molecule has 4 heterocycles. The fourth-order valence-corrected chi connectivity index (χ4v) is 5.42. The summed E-state index contributed by atoms with van der Waals surface area (Å²) in [7, 11) is 1.49. The summed E-state index contributed by atoms with van der Waals surface area (Å²) in [5.41, 5.74) is 2.03. The van der Waals surface area contributed by atoms with Crippen LogP contribution in [0.25, 0.3) is 28.3 Å². The van der Waals surface area contributed by atoms with Crippen molar-refractivity contribution in [3.05, 3.63) is 70.6 Å². The second kappa shape index (κ2) is 10.9. The molecule has 1 aliphatic heterocycles. The first-order chi connectivity index (χ1) is 21.6. The summed E-state index contributed by atoms with van der Waals surface area (Å²) in [6.45, 7) is 1.48. The summed E-state index contributed by atoms with van der Waals surface area (Å²) in [5, 5.41) is 0.442. The Morgan fingerprint density at radius 1 is 1.04 bits per heavy atom. The van der Waals surface area contributed by atoms with Gasteiger partial charge in [-0.05, 0) is 43.7 Å². The van der Waals surface area contributed by atoms with Crippen LogP contribution in [0, 0.1) is 5.92 Å². The van der Waals surface area contributed by atoms with E-state index >= 15 is 0 Å². The number of amides is 1. The molecule has 1 atom stereocenters. The number of alkyl halides is 3. The summed E-state index contributed by atoms with van der Waals surface area (Å²) in [4.78, 5) is 51.7. The van der Waals surface area contributed by atoms with Crippen LogP contribution in [-0.4, -0.2) is 48.5 Å². The fraction of sp³-hybridized carbons (Fsp3) is 0.355. The van der Waals surface area contributed by atoms with Crippen molar-refractivity contribution in [1.82, 2.24) is 29.5 Å². The van der Waals surface area contributed by atoms with Crippen LogP contribution in [0.3, 0.4) is 0 Å². The molecule has 7 rings (SSSR count). The zero-order chi connectivity index (χ0) is 31.5. The van der Waals surface area contributed by atoms with Crippen LogP contribution in [0.1, 0.15) is 61.5 Å². The Balaban J connectivity index is 1.09. The number of carbonyl (C=O) groups excluding carboxylic acids is 2. The fourth-order valence-electron chi connectivity index (χ4n) is 5.42. The van der Waals surface area contributed by atoms with Crippen molar-refractivity contribution < 1.29 is 32.2 Å². The molecule has 1 aromatic carbocycles. The maximum Gasteiger partial charge on any atom is 0.434 e. The smallest absolute Gasteiger partial charge is 0.434 e. The number of methoxy groups -OCH3 is 1. The third-order valence-corrected chi connectivity index (χ3v) is 8.10. The molecule has 0 bridgehead atoms. The van der Waals surface area contributed by atoms with Crippen LogP contribution in [0.2, 0.25) is 0 Å². The molecule has 2 saturated carbocycles. The molecule has 45 heavy (non-hydrogen) atoms. The SMILES string of the molecule is COc1ncnc(C2CC2)c1-c1ncc2c(n1)=NC(=O)C(C(=O)OCc1ccc(-c3nc(C(F)(F)F)cn3C3CC3)cc1)C=2C. The van der Waals surface area contributed by atoms with Crippen molar-refractivity contribution in [3.8, 4) is 28.7 Å². The number of hydrogen-bond acceptors (Lipinski definition) is 9. The summed E-state index contributed by atoms with van der Waals surface area (Å²) in [6, 6.07) is 6.56. The number of esters is 1. The highest BCUT2D eigenvalue weighted by Gasteiger charge is 2.38. The van der Waals surface area contributed by atoms with Gasteiger partial charge in [0.25, 0.3) is 5.91 Å². The Morgan fingerprint density at radius 2 is 1.80 bits per heavy atom. The molecule has 1 amide bonds. The summed E-state index contributed by atoms with van der Waals surface area (Å²) in [5.74, 6) is -1.68. The molecule has 0 spiro atoms. The highest BCUT2D eigenvalue weighted by atomic mass is 19.4. The Bertz CT molecular complexity index is 1970. The standard InChI is InChI=1S/C31H26F3N7O4/c1-15-20-11-35-26(23-24(17-7-8-17)36-14-37-29(23)44-2)39-25(20)40-28(42)22(15)30(43)45-13-16-3-5-18(6-4-16)27-38-21(31(32,33)34)12-41(27)19-9-10-19/h3-6,11-12,14,17,19,22H,7-10,13H2,1-2H3. The number of hydrogen-bond donors (Lipinski definition) is 0. The van der Waals surface area contributed by atoms with E-state index < -0.39 is 29.7 Å². The Morgan fingerprint density at radius 3 is 2.47 bits per heavy atom. The Labute approximate surface area is 253 Å². The van der Waals surface area contributed by atoms with E-state index in [1.807, 2.05) is 0 Å². The first-order valence-corrected chi connectivity index (χ1v) is 14.4. The highest BCUT2D eigenvalue weighted by molar-refractivity contribution is 6.07. The Kier molecular flexibility index (Phi) is 6.94. The van der Waals surface area contributed by atoms with E-state index in [1.54, 1.807) is 35.8 Å². The van der Waals surface area contributed by atoms with Crippen molar-refractivity contribution in [2.75, 3.05) is 7.11 Å². The second-order valence-electron chi connectivity index (χ2n) is 11.3. The van der Waals surface area contributed by atoms with Crippen LogP contribution in [0.15, 0.2) is 48.0 Å². The van der Waals surface area contributed by atoms with Gasteiger partial charge in [-0.1, -0.05) is 24.3 Å². The molecule has 4 aromatic rings. The minimum atomic E-state index is -4.54. The highest BCUT2D eigenvalue weighted by Crippen LogP contribution is 2.44. The summed E-state index contributed by atoms with van der Waals surface area (Å²) in [6.07, 6.45) is 3.02. The van der Waals surface area contributed by atoms with E-state index in [0.717, 1.165) is 37.6 Å². The maximum absolute atomic E-state index is 13.3. The molecular weight excluding hydrogens is 591 g/mol. The number of ether oxygens (including phenoxy) is 2. The van der Waals surface area contributed by atoms with Crippen LogP contribution in [-0.2, 0) is 27.1 Å². The van der Waals surface area contributed by atoms with Gasteiger partial charge in [0, 0.05) is 35.1 Å². The van der Waals surface area contributed by atoms with Gasteiger partial charge >= 0.3 is 12.1 Å². The molecule has 3 aromatic heterocycles. The van der Waals surface area contributed by atoms with Crippen molar-refractivity contribution in [3.63, 3.8) is 0 Å². The molecule has 0 saturated heterocycles. The van der Waals surface area contributed by atoms with Crippen LogP contribution < -0.4 is 15.4 Å². The number of aromatic nitrogens is 6. The molecular formula is C31H26F3N7O4. The van der Waals surface area contributed by atoms with E-state index in [2.05, 4.69) is 29.9 Å². The largest absolute Gasteiger partial charge is 0.480 e. The predicted octanol–water partition coefficient (Wildman–Crippen LogP) is 3.73. The summed E-state index contributed by atoms with van der Waals surface area (Å²) < 4.78 is 52.4. The van der Waals surface area contributed by atoms with E-state index in [4.69, 9.17) is 9.47 Å². The normalized spacial score (nSPS) is 17.9. The Hall–Kier alpha value is -5.01. The third kappa shape index (κ3) is 5.44. The lowest BCUT2D eigenvalue weighted by molar-refractivity contribution is -0.150. The number of fused-ring (bicyclic) bond motifs is 1. The van der Waals surface area contributed by atoms with Gasteiger partial charge in [-0.2, -0.15) is 18.2 Å². The van der Waals surface area contributed by atoms with Crippen molar-refractivity contribution >= 4 is 17.4 Å². The van der Waals surface area contributed by atoms with Gasteiger partial charge in [0.2, 0.25) is 5.88 Å². The van der Waals surface area contributed by atoms with Crippen LogP contribution in [0.5, 0.6) is 5.88 Å². The minimum absolute atomic E-state index is 0.000296. The van der Waals surface area contributed by atoms with Gasteiger partial charge in [-0.15, -0.1) is 0 Å². The quantitative estimate of drug-likeness (QED) is 0.214. The van der Waals surface area contributed by atoms with Crippen LogP contribution >= 0.6 is 0 Å². The lowest BCUT2D eigenvalue weighted by atomic mass is 9.96. The topological polar surface area (TPSA) is 134 Å². The lowest BCUT2D eigenvalue weighted by Crippen LogP contribution is -2.42. The average molecular weight is 618 g/mol. The zero-order valence-corrected chi connectivity index (χ0v) is 24.2. The van der Waals surface area contributed by atoms with Gasteiger partial charge in [-0.25, -0.2) is 24.9 Å². The minimum Gasteiger partial charge on any atom is -0.480 e. The molecule has 0 radical (unpaired) electrons. The molecule has 11 nitrogen and oxygen atoms in total. The monoisotopic (exact) mass is 617 g/mol. The molecule has 1 unspecified atom stereocenters.